The maximum Gasteiger partial charge on any atom is 0.269 e. The Morgan fingerprint density at radius 1 is 1.18 bits per heavy atom. The molecule has 0 fully saturated rings. The number of ether oxygens (including phenoxy) is 1. The first-order chi connectivity index (χ1) is 10.5. The van der Waals surface area contributed by atoms with Gasteiger partial charge in [-0.15, -0.1) is 0 Å². The lowest BCUT2D eigenvalue weighted by atomic mass is 10.2. The summed E-state index contributed by atoms with van der Waals surface area (Å²) in [5.41, 5.74) is 1.89. The molecular formula is C16H18N2O4. The van der Waals surface area contributed by atoms with Crippen molar-refractivity contribution in [1.82, 2.24) is 0 Å². The molecule has 6 heteroatoms. The van der Waals surface area contributed by atoms with Crippen LogP contribution >= 0.6 is 0 Å². The standard InChI is InChI=1S/C16H18N2O4/c1-12-2-8-16(9-3-12)22-11-15(19)10-17-13-4-6-14(7-5-13)18(20)21/h2-9,15,17,19H,10-11H2,1H3. The van der Waals surface area contributed by atoms with Crippen molar-refractivity contribution in [1.29, 1.82) is 0 Å². The number of nitrogens with zero attached hydrogens (tertiary/aromatic N) is 1. The van der Waals surface area contributed by atoms with Crippen LogP contribution < -0.4 is 10.1 Å². The van der Waals surface area contributed by atoms with E-state index in [-0.39, 0.29) is 12.3 Å². The highest BCUT2D eigenvalue weighted by molar-refractivity contribution is 5.48. The van der Waals surface area contributed by atoms with E-state index in [2.05, 4.69) is 5.32 Å². The van der Waals surface area contributed by atoms with E-state index in [0.29, 0.717) is 18.0 Å². The number of non-ortho nitro benzene ring substituents is 1. The predicted molar refractivity (Wildman–Crippen MR) is 84.3 cm³/mol. The van der Waals surface area contributed by atoms with Gasteiger partial charge in [-0.25, -0.2) is 0 Å². The molecule has 0 aliphatic heterocycles. The highest BCUT2D eigenvalue weighted by Crippen LogP contribution is 2.15. The maximum absolute atomic E-state index is 10.5. The number of nitrogens with one attached hydrogen (secondary N) is 1. The van der Waals surface area contributed by atoms with Gasteiger partial charge in [-0.1, -0.05) is 17.7 Å². The molecule has 0 saturated heterocycles. The van der Waals surface area contributed by atoms with Crippen LogP contribution in [0.5, 0.6) is 5.75 Å². The van der Waals surface area contributed by atoms with Gasteiger partial charge in [-0.2, -0.15) is 0 Å². The summed E-state index contributed by atoms with van der Waals surface area (Å²) in [6.07, 6.45) is -0.684. The Morgan fingerprint density at radius 2 is 1.82 bits per heavy atom. The molecule has 2 rings (SSSR count). The number of benzene rings is 2. The molecule has 2 N–H and O–H groups in total. The minimum Gasteiger partial charge on any atom is -0.491 e. The fourth-order valence-corrected chi connectivity index (χ4v) is 1.82. The lowest BCUT2D eigenvalue weighted by molar-refractivity contribution is -0.384. The van der Waals surface area contributed by atoms with Crippen molar-refractivity contribution in [2.45, 2.75) is 13.0 Å². The van der Waals surface area contributed by atoms with Crippen molar-refractivity contribution >= 4 is 11.4 Å². The van der Waals surface area contributed by atoms with E-state index >= 15 is 0 Å². The molecule has 6 nitrogen and oxygen atoms in total. The first-order valence-electron chi connectivity index (χ1n) is 6.90. The number of hydrogen-bond acceptors (Lipinski definition) is 5. The number of nitro groups is 1. The molecule has 2 aromatic carbocycles. The highest BCUT2D eigenvalue weighted by Gasteiger charge is 2.07. The van der Waals surface area contributed by atoms with Gasteiger partial charge in [0.15, 0.2) is 0 Å². The van der Waals surface area contributed by atoms with Crippen molar-refractivity contribution < 1.29 is 14.8 Å². The van der Waals surface area contributed by atoms with Gasteiger partial charge in [-0.05, 0) is 31.2 Å². The van der Waals surface area contributed by atoms with Crippen LogP contribution in [0.1, 0.15) is 5.56 Å². The smallest absolute Gasteiger partial charge is 0.269 e. The molecule has 1 atom stereocenters. The summed E-state index contributed by atoms with van der Waals surface area (Å²) >= 11 is 0. The minimum absolute atomic E-state index is 0.0359. The van der Waals surface area contributed by atoms with Gasteiger partial charge in [0.2, 0.25) is 0 Å². The zero-order chi connectivity index (χ0) is 15.9. The summed E-state index contributed by atoms with van der Waals surface area (Å²) in [5.74, 6) is 0.708. The van der Waals surface area contributed by atoms with E-state index in [4.69, 9.17) is 4.74 Å². The summed E-state index contributed by atoms with van der Waals surface area (Å²) in [6.45, 7) is 2.46. The molecule has 2 aromatic rings. The number of rotatable bonds is 7. The molecule has 1 unspecified atom stereocenters. The quantitative estimate of drug-likeness (QED) is 0.607. The number of aryl methyl sites for hydroxylation is 1. The summed E-state index contributed by atoms with van der Waals surface area (Å²) in [7, 11) is 0. The Hall–Kier alpha value is -2.60. The third kappa shape index (κ3) is 4.75. The molecule has 0 aliphatic rings. The van der Waals surface area contributed by atoms with Gasteiger partial charge in [0, 0.05) is 24.4 Å². The Labute approximate surface area is 128 Å². The van der Waals surface area contributed by atoms with Crippen molar-refractivity contribution in [3.8, 4) is 5.75 Å². The minimum atomic E-state index is -0.684. The average Bonchev–Trinajstić information content (AvgIpc) is 2.52. The predicted octanol–water partition coefficient (Wildman–Crippen LogP) is 2.76. The van der Waals surface area contributed by atoms with Crippen LogP contribution in [0.3, 0.4) is 0 Å². The van der Waals surface area contributed by atoms with Crippen LogP contribution in [0.4, 0.5) is 11.4 Å². The lowest BCUT2D eigenvalue weighted by Gasteiger charge is -2.14. The Morgan fingerprint density at radius 3 is 2.41 bits per heavy atom. The van der Waals surface area contributed by atoms with Gasteiger partial charge in [0.25, 0.3) is 5.69 Å². The largest absolute Gasteiger partial charge is 0.491 e. The van der Waals surface area contributed by atoms with E-state index in [9.17, 15) is 15.2 Å². The van der Waals surface area contributed by atoms with E-state index in [1.54, 1.807) is 12.1 Å². The van der Waals surface area contributed by atoms with E-state index in [1.165, 1.54) is 12.1 Å². The molecule has 22 heavy (non-hydrogen) atoms. The Bertz CT molecular complexity index is 611. The topological polar surface area (TPSA) is 84.6 Å². The third-order valence-corrected chi connectivity index (χ3v) is 3.08. The zero-order valence-electron chi connectivity index (χ0n) is 12.2. The maximum atomic E-state index is 10.5. The molecule has 0 radical (unpaired) electrons. The number of nitro benzene ring substituents is 1. The molecular weight excluding hydrogens is 284 g/mol. The van der Waals surface area contributed by atoms with E-state index in [0.717, 1.165) is 5.56 Å². The highest BCUT2D eigenvalue weighted by atomic mass is 16.6. The molecule has 0 aromatic heterocycles. The number of anilines is 1. The molecule has 0 spiro atoms. The third-order valence-electron chi connectivity index (χ3n) is 3.08. The van der Waals surface area contributed by atoms with Gasteiger partial charge in [0.1, 0.15) is 18.5 Å². The van der Waals surface area contributed by atoms with Crippen molar-refractivity contribution in [3.05, 3.63) is 64.2 Å². The van der Waals surface area contributed by atoms with Gasteiger partial charge >= 0.3 is 0 Å². The number of hydrogen-bond donors (Lipinski definition) is 2. The van der Waals surface area contributed by atoms with Crippen LogP contribution in [-0.2, 0) is 0 Å². The Balaban J connectivity index is 1.76. The molecule has 0 saturated carbocycles. The molecule has 0 amide bonds. The second-order valence-electron chi connectivity index (χ2n) is 4.96. The molecule has 0 bridgehead atoms. The van der Waals surface area contributed by atoms with Gasteiger partial charge in [0.05, 0.1) is 4.92 Å². The average molecular weight is 302 g/mol. The van der Waals surface area contributed by atoms with Crippen molar-refractivity contribution in [2.24, 2.45) is 0 Å². The fourth-order valence-electron chi connectivity index (χ4n) is 1.82. The van der Waals surface area contributed by atoms with Crippen LogP contribution in [0.2, 0.25) is 0 Å². The molecule has 0 heterocycles. The van der Waals surface area contributed by atoms with Gasteiger partial charge < -0.3 is 15.2 Å². The number of aliphatic hydroxyl groups excluding tert-OH is 1. The Kier molecular flexibility index (Phi) is 5.32. The normalized spacial score (nSPS) is 11.7. The van der Waals surface area contributed by atoms with E-state index in [1.807, 2.05) is 31.2 Å². The summed E-state index contributed by atoms with van der Waals surface area (Å²) in [4.78, 5) is 10.1. The van der Waals surface area contributed by atoms with Crippen molar-refractivity contribution in [2.75, 3.05) is 18.5 Å². The summed E-state index contributed by atoms with van der Waals surface area (Å²) in [6, 6.07) is 13.6. The van der Waals surface area contributed by atoms with Crippen LogP contribution in [0.15, 0.2) is 48.5 Å². The molecule has 0 aliphatic carbocycles. The van der Waals surface area contributed by atoms with Crippen LogP contribution in [-0.4, -0.2) is 29.3 Å². The number of aliphatic hydroxyl groups is 1. The van der Waals surface area contributed by atoms with Gasteiger partial charge in [-0.3, -0.25) is 10.1 Å². The summed E-state index contributed by atoms with van der Waals surface area (Å²) in [5, 5.41) is 23.4. The second-order valence-corrected chi connectivity index (χ2v) is 4.96. The first kappa shape index (κ1) is 15.8. The van der Waals surface area contributed by atoms with Crippen LogP contribution in [0, 0.1) is 17.0 Å². The molecule has 116 valence electrons. The zero-order valence-corrected chi connectivity index (χ0v) is 12.2. The monoisotopic (exact) mass is 302 g/mol. The summed E-state index contributed by atoms with van der Waals surface area (Å²) < 4.78 is 5.48. The second kappa shape index (κ2) is 7.42. The van der Waals surface area contributed by atoms with E-state index < -0.39 is 11.0 Å². The lowest BCUT2D eigenvalue weighted by Crippen LogP contribution is -2.26. The first-order valence-corrected chi connectivity index (χ1v) is 6.90. The SMILES string of the molecule is Cc1ccc(OCC(O)CNc2ccc([N+](=O)[O-])cc2)cc1. The van der Waals surface area contributed by atoms with Crippen molar-refractivity contribution in [3.63, 3.8) is 0 Å². The fraction of sp³-hybridized carbons (Fsp3) is 0.250. The van der Waals surface area contributed by atoms with Crippen LogP contribution in [0.25, 0.3) is 0 Å².